The molecule has 19 heavy (non-hydrogen) atoms. The van der Waals surface area contributed by atoms with Gasteiger partial charge in [0, 0.05) is 23.7 Å². The molecule has 2 rings (SSSR count). The van der Waals surface area contributed by atoms with Gasteiger partial charge in [0.2, 0.25) is 0 Å². The Hall–Kier alpha value is -0.570. The summed E-state index contributed by atoms with van der Waals surface area (Å²) in [7, 11) is 1.77. The molecule has 1 fully saturated rings. The zero-order valence-corrected chi connectivity index (χ0v) is 13.1. The van der Waals surface area contributed by atoms with Crippen LogP contribution in [-0.4, -0.2) is 18.8 Å². The van der Waals surface area contributed by atoms with Crippen molar-refractivity contribution < 1.29 is 4.74 Å². The maximum Gasteiger partial charge on any atom is 0.0637 e. The first-order valence-electron chi connectivity index (χ1n) is 6.96. The number of halogens is 1. The van der Waals surface area contributed by atoms with Gasteiger partial charge in [0.05, 0.1) is 5.60 Å². The summed E-state index contributed by atoms with van der Waals surface area (Å²) in [6.45, 7) is 6.47. The van der Waals surface area contributed by atoms with Gasteiger partial charge in [-0.15, -0.1) is 0 Å². The monoisotopic (exact) mass is 281 g/mol. The van der Waals surface area contributed by atoms with Gasteiger partial charge >= 0.3 is 0 Å². The molecule has 0 heterocycles. The van der Waals surface area contributed by atoms with Crippen molar-refractivity contribution >= 4 is 11.6 Å². The Kier molecular flexibility index (Phi) is 4.24. The summed E-state index contributed by atoms with van der Waals surface area (Å²) < 4.78 is 5.51. The van der Waals surface area contributed by atoms with Gasteiger partial charge in [0.1, 0.15) is 0 Å². The number of hydrogen-bond acceptors (Lipinski definition) is 2. The molecular weight excluding hydrogens is 258 g/mol. The van der Waals surface area contributed by atoms with Crippen molar-refractivity contribution in [1.29, 1.82) is 0 Å². The lowest BCUT2D eigenvalue weighted by molar-refractivity contribution is 0.00730. The fraction of sp³-hybridized carbons (Fsp3) is 0.625. The van der Waals surface area contributed by atoms with Crippen LogP contribution in [0.15, 0.2) is 24.3 Å². The molecule has 2 nitrogen and oxygen atoms in total. The molecule has 106 valence electrons. The average molecular weight is 282 g/mol. The lowest BCUT2D eigenvalue weighted by Gasteiger charge is -2.30. The summed E-state index contributed by atoms with van der Waals surface area (Å²) in [4.78, 5) is 0. The molecule has 1 atom stereocenters. The predicted molar refractivity (Wildman–Crippen MR) is 80.7 cm³/mol. The highest BCUT2D eigenvalue weighted by Gasteiger charge is 2.46. The van der Waals surface area contributed by atoms with Gasteiger partial charge in [-0.25, -0.2) is 0 Å². The second-order valence-electron chi connectivity index (χ2n) is 6.28. The van der Waals surface area contributed by atoms with Gasteiger partial charge in [0.25, 0.3) is 0 Å². The van der Waals surface area contributed by atoms with Crippen LogP contribution in [0.4, 0.5) is 0 Å². The minimum Gasteiger partial charge on any atom is -0.379 e. The van der Waals surface area contributed by atoms with Gasteiger partial charge in [0.15, 0.2) is 0 Å². The number of benzene rings is 1. The van der Waals surface area contributed by atoms with Crippen LogP contribution in [0, 0.1) is 0 Å². The van der Waals surface area contributed by atoms with Crippen LogP contribution in [0.25, 0.3) is 0 Å². The molecule has 1 saturated carbocycles. The second-order valence-corrected chi connectivity index (χ2v) is 6.68. The van der Waals surface area contributed by atoms with Crippen molar-refractivity contribution in [2.75, 3.05) is 7.11 Å². The van der Waals surface area contributed by atoms with Crippen LogP contribution in [0.5, 0.6) is 0 Å². The molecule has 0 aliphatic heterocycles. The molecule has 1 N–H and O–H groups in total. The van der Waals surface area contributed by atoms with Crippen molar-refractivity contribution in [2.45, 2.75) is 57.2 Å². The van der Waals surface area contributed by atoms with Crippen LogP contribution >= 0.6 is 11.6 Å². The molecule has 1 aliphatic carbocycles. The van der Waals surface area contributed by atoms with E-state index in [1.807, 2.05) is 12.1 Å². The predicted octanol–water partition coefficient (Wildman–Crippen LogP) is 4.12. The Labute approximate surface area is 121 Å². The van der Waals surface area contributed by atoms with E-state index in [0.29, 0.717) is 6.04 Å². The number of rotatable bonds is 6. The van der Waals surface area contributed by atoms with E-state index in [1.165, 1.54) is 5.56 Å². The third-order valence-corrected chi connectivity index (χ3v) is 4.34. The molecule has 0 amide bonds. The molecule has 0 aromatic heterocycles. The number of nitrogens with one attached hydrogen (secondary N) is 1. The first-order chi connectivity index (χ1) is 8.88. The van der Waals surface area contributed by atoms with Crippen LogP contribution in [-0.2, 0) is 10.3 Å². The first kappa shape index (κ1) is 14.8. The third kappa shape index (κ3) is 3.50. The molecule has 0 unspecified atom stereocenters. The van der Waals surface area contributed by atoms with E-state index in [-0.39, 0.29) is 11.1 Å². The minimum atomic E-state index is -0.0943. The van der Waals surface area contributed by atoms with Crippen molar-refractivity contribution in [3.63, 3.8) is 0 Å². The van der Waals surface area contributed by atoms with Crippen molar-refractivity contribution in [3.05, 3.63) is 34.9 Å². The number of ether oxygens (including phenoxy) is 1. The van der Waals surface area contributed by atoms with Crippen molar-refractivity contribution in [1.82, 2.24) is 5.32 Å². The second kappa shape index (κ2) is 5.43. The minimum absolute atomic E-state index is 0.0849. The molecule has 0 bridgehead atoms. The van der Waals surface area contributed by atoms with Crippen LogP contribution in [0.2, 0.25) is 5.02 Å². The van der Waals surface area contributed by atoms with Crippen molar-refractivity contribution in [3.8, 4) is 0 Å². The Morgan fingerprint density at radius 1 is 1.37 bits per heavy atom. The lowest BCUT2D eigenvalue weighted by atomic mass is 9.97. The van der Waals surface area contributed by atoms with Crippen molar-refractivity contribution in [2.24, 2.45) is 0 Å². The Balaban J connectivity index is 2.05. The lowest BCUT2D eigenvalue weighted by Crippen LogP contribution is -2.41. The Bertz CT molecular complexity index is 440. The van der Waals surface area contributed by atoms with E-state index in [4.69, 9.17) is 16.3 Å². The fourth-order valence-electron chi connectivity index (χ4n) is 2.81. The molecule has 0 spiro atoms. The summed E-state index contributed by atoms with van der Waals surface area (Å²) in [6.07, 6.45) is 3.30. The van der Waals surface area contributed by atoms with Gasteiger partial charge in [-0.1, -0.05) is 29.8 Å². The topological polar surface area (TPSA) is 21.3 Å². The van der Waals surface area contributed by atoms with E-state index < -0.39 is 0 Å². The van der Waals surface area contributed by atoms with Gasteiger partial charge in [-0.3, -0.25) is 0 Å². The van der Waals surface area contributed by atoms with Crippen LogP contribution in [0.3, 0.4) is 0 Å². The molecule has 0 saturated heterocycles. The van der Waals surface area contributed by atoms with E-state index in [9.17, 15) is 0 Å². The summed E-state index contributed by atoms with van der Waals surface area (Å²) in [6, 6.07) is 8.55. The van der Waals surface area contributed by atoms with Gasteiger partial charge in [-0.2, -0.15) is 0 Å². The van der Waals surface area contributed by atoms with Gasteiger partial charge < -0.3 is 10.1 Å². The zero-order valence-electron chi connectivity index (χ0n) is 12.3. The summed E-state index contributed by atoms with van der Waals surface area (Å²) in [5.41, 5.74) is 1.23. The molecular formula is C16H24ClNO. The molecule has 1 aromatic carbocycles. The highest BCUT2D eigenvalue weighted by molar-refractivity contribution is 6.31. The highest BCUT2D eigenvalue weighted by atomic mass is 35.5. The summed E-state index contributed by atoms with van der Waals surface area (Å²) in [5, 5.41) is 4.62. The summed E-state index contributed by atoms with van der Waals surface area (Å²) >= 11 is 6.33. The van der Waals surface area contributed by atoms with E-state index >= 15 is 0 Å². The van der Waals surface area contributed by atoms with E-state index in [0.717, 1.165) is 24.3 Å². The SMILES string of the molecule is COC(C)(C)C[C@@H](C)NC1(c2ccccc2Cl)CC1. The number of hydrogen-bond donors (Lipinski definition) is 1. The third-order valence-electron chi connectivity index (χ3n) is 4.01. The Morgan fingerprint density at radius 3 is 2.53 bits per heavy atom. The standard InChI is InChI=1S/C16H24ClNO/c1-12(11-15(2,3)19-4)18-16(9-10-16)13-7-5-6-8-14(13)17/h5-8,12,18H,9-11H2,1-4H3/t12-/m1/s1. The number of methoxy groups -OCH3 is 1. The quantitative estimate of drug-likeness (QED) is 0.847. The fourth-order valence-corrected chi connectivity index (χ4v) is 3.13. The summed E-state index contributed by atoms with van der Waals surface area (Å²) in [5.74, 6) is 0. The van der Waals surface area contributed by atoms with E-state index in [1.54, 1.807) is 7.11 Å². The largest absolute Gasteiger partial charge is 0.379 e. The zero-order chi connectivity index (χ0) is 14.1. The molecule has 1 aromatic rings. The molecule has 0 radical (unpaired) electrons. The van der Waals surface area contributed by atoms with Crippen LogP contribution < -0.4 is 5.32 Å². The normalized spacial score (nSPS) is 19.2. The molecule has 1 aliphatic rings. The van der Waals surface area contributed by atoms with Gasteiger partial charge in [-0.05, 0) is 51.7 Å². The maximum atomic E-state index is 6.33. The first-order valence-corrected chi connectivity index (χ1v) is 7.34. The average Bonchev–Trinajstić information content (AvgIpc) is 3.09. The smallest absolute Gasteiger partial charge is 0.0637 e. The van der Waals surface area contributed by atoms with E-state index in [2.05, 4.69) is 38.2 Å². The Morgan fingerprint density at radius 2 is 2.00 bits per heavy atom. The van der Waals surface area contributed by atoms with Crippen LogP contribution in [0.1, 0.15) is 45.6 Å². The maximum absolute atomic E-state index is 6.33. The molecule has 3 heteroatoms. The highest BCUT2D eigenvalue weighted by Crippen LogP contribution is 2.48.